The summed E-state index contributed by atoms with van der Waals surface area (Å²) in [6, 6.07) is 18.5. The van der Waals surface area contributed by atoms with Crippen LogP contribution in [-0.2, 0) is 21.6 Å². The van der Waals surface area contributed by atoms with E-state index in [0.717, 1.165) is 23.3 Å². The van der Waals surface area contributed by atoms with Crippen molar-refractivity contribution in [2.45, 2.75) is 25.4 Å². The summed E-state index contributed by atoms with van der Waals surface area (Å²) in [6.07, 6.45) is 1.01. The van der Waals surface area contributed by atoms with Crippen molar-refractivity contribution < 1.29 is 9.53 Å². The van der Waals surface area contributed by atoms with Crippen LogP contribution < -0.4 is 5.73 Å². The van der Waals surface area contributed by atoms with Crippen LogP contribution in [0, 0.1) is 0 Å². The Morgan fingerprint density at radius 3 is 2.62 bits per heavy atom. The quantitative estimate of drug-likeness (QED) is 0.805. The standard InChI is InChI=1S/C20H20N2O2/c1-20(13-18(21)23)19-16(11-12-24-20)15-9-5-6-10-17(15)22(19)14-7-3-2-4-8-14/h2-10H,11-13H2,1H3,(H2,21,23). The Morgan fingerprint density at radius 1 is 1.17 bits per heavy atom. The van der Waals surface area contributed by atoms with Gasteiger partial charge in [0.05, 0.1) is 24.2 Å². The number of nitrogens with zero attached hydrogens (tertiary/aromatic N) is 1. The number of nitrogens with two attached hydrogens (primary N) is 1. The van der Waals surface area contributed by atoms with Gasteiger partial charge in [-0.05, 0) is 37.1 Å². The topological polar surface area (TPSA) is 57.3 Å². The predicted octanol–water partition coefficient (Wildman–Crippen LogP) is 3.29. The molecule has 122 valence electrons. The molecule has 4 rings (SSSR count). The molecule has 0 fully saturated rings. The molecule has 0 bridgehead atoms. The number of carbonyl (C=O) groups is 1. The first-order chi connectivity index (χ1) is 11.6. The maximum Gasteiger partial charge on any atom is 0.220 e. The molecule has 1 unspecified atom stereocenters. The average Bonchev–Trinajstić information content (AvgIpc) is 2.91. The minimum atomic E-state index is -0.714. The van der Waals surface area contributed by atoms with E-state index in [-0.39, 0.29) is 12.3 Å². The Bertz CT molecular complexity index is 914. The first-order valence-corrected chi connectivity index (χ1v) is 8.21. The van der Waals surface area contributed by atoms with Crippen LogP contribution in [0.15, 0.2) is 54.6 Å². The lowest BCUT2D eigenvalue weighted by Gasteiger charge is -2.35. The van der Waals surface area contributed by atoms with Gasteiger partial charge in [0, 0.05) is 11.1 Å². The fourth-order valence-corrected chi connectivity index (χ4v) is 3.87. The highest BCUT2D eigenvalue weighted by Crippen LogP contribution is 2.42. The summed E-state index contributed by atoms with van der Waals surface area (Å²) in [5, 5.41) is 1.22. The van der Waals surface area contributed by atoms with Gasteiger partial charge < -0.3 is 15.0 Å². The van der Waals surface area contributed by atoms with E-state index in [2.05, 4.69) is 34.9 Å². The summed E-state index contributed by atoms with van der Waals surface area (Å²) in [5.74, 6) is -0.352. The molecule has 1 aliphatic rings. The molecule has 1 aliphatic heterocycles. The predicted molar refractivity (Wildman–Crippen MR) is 94.1 cm³/mol. The molecule has 3 aromatic rings. The summed E-state index contributed by atoms with van der Waals surface area (Å²) in [6.45, 7) is 2.56. The number of rotatable bonds is 3. The molecule has 2 N–H and O–H groups in total. The van der Waals surface area contributed by atoms with Crippen LogP contribution >= 0.6 is 0 Å². The number of aromatic nitrogens is 1. The molecule has 2 heterocycles. The molecule has 0 spiro atoms. The third-order valence-electron chi connectivity index (χ3n) is 4.78. The van der Waals surface area contributed by atoms with Crippen molar-refractivity contribution in [3.05, 3.63) is 65.9 Å². The highest BCUT2D eigenvalue weighted by atomic mass is 16.5. The molecular formula is C20H20N2O2. The van der Waals surface area contributed by atoms with Gasteiger partial charge in [-0.3, -0.25) is 4.79 Å². The number of ether oxygens (including phenoxy) is 1. The number of amides is 1. The fraction of sp³-hybridized carbons (Fsp3) is 0.250. The molecule has 0 saturated carbocycles. The van der Waals surface area contributed by atoms with Crippen molar-refractivity contribution in [3.63, 3.8) is 0 Å². The van der Waals surface area contributed by atoms with Gasteiger partial charge in [0.25, 0.3) is 0 Å². The number of para-hydroxylation sites is 2. The number of benzene rings is 2. The zero-order valence-electron chi connectivity index (χ0n) is 13.7. The first-order valence-electron chi connectivity index (χ1n) is 8.21. The number of primary amides is 1. The van der Waals surface area contributed by atoms with Crippen LogP contribution in [0.3, 0.4) is 0 Å². The van der Waals surface area contributed by atoms with Crippen molar-refractivity contribution in [1.29, 1.82) is 0 Å². The molecule has 4 nitrogen and oxygen atoms in total. The zero-order valence-corrected chi connectivity index (χ0v) is 13.7. The van der Waals surface area contributed by atoms with Gasteiger partial charge in [-0.15, -0.1) is 0 Å². The fourth-order valence-electron chi connectivity index (χ4n) is 3.87. The van der Waals surface area contributed by atoms with Gasteiger partial charge in [0.2, 0.25) is 5.91 Å². The van der Waals surface area contributed by atoms with E-state index in [1.165, 1.54) is 10.9 Å². The summed E-state index contributed by atoms with van der Waals surface area (Å²) in [4.78, 5) is 11.7. The molecule has 0 aliphatic carbocycles. The second-order valence-electron chi connectivity index (χ2n) is 6.49. The van der Waals surface area contributed by atoms with E-state index in [1.54, 1.807) is 0 Å². The van der Waals surface area contributed by atoms with Gasteiger partial charge in [0.1, 0.15) is 5.60 Å². The molecule has 4 heteroatoms. The van der Waals surface area contributed by atoms with Crippen LogP contribution in [0.25, 0.3) is 16.6 Å². The van der Waals surface area contributed by atoms with Gasteiger partial charge in [-0.1, -0.05) is 36.4 Å². The third-order valence-corrected chi connectivity index (χ3v) is 4.78. The third kappa shape index (κ3) is 2.22. The van der Waals surface area contributed by atoms with Gasteiger partial charge >= 0.3 is 0 Å². The lowest BCUT2D eigenvalue weighted by atomic mass is 9.89. The number of hydrogen-bond donors (Lipinski definition) is 1. The highest BCUT2D eigenvalue weighted by Gasteiger charge is 2.39. The average molecular weight is 320 g/mol. The van der Waals surface area contributed by atoms with Crippen molar-refractivity contribution in [2.75, 3.05) is 6.61 Å². The van der Waals surface area contributed by atoms with Crippen LogP contribution in [0.1, 0.15) is 24.6 Å². The molecule has 1 amide bonds. The highest BCUT2D eigenvalue weighted by molar-refractivity contribution is 5.88. The maximum atomic E-state index is 11.7. The molecular weight excluding hydrogens is 300 g/mol. The smallest absolute Gasteiger partial charge is 0.220 e. The molecule has 24 heavy (non-hydrogen) atoms. The van der Waals surface area contributed by atoms with E-state index >= 15 is 0 Å². The van der Waals surface area contributed by atoms with Crippen LogP contribution in [0.2, 0.25) is 0 Å². The Balaban J connectivity index is 2.08. The normalized spacial score (nSPS) is 20.0. The molecule has 1 atom stereocenters. The number of carbonyl (C=O) groups excluding carboxylic acids is 1. The first kappa shape index (κ1) is 15.0. The van der Waals surface area contributed by atoms with Gasteiger partial charge in [-0.2, -0.15) is 0 Å². The van der Waals surface area contributed by atoms with Crippen LogP contribution in [0.4, 0.5) is 0 Å². The largest absolute Gasteiger partial charge is 0.370 e. The van der Waals surface area contributed by atoms with E-state index in [0.29, 0.717) is 6.61 Å². The second kappa shape index (κ2) is 5.49. The van der Waals surface area contributed by atoms with E-state index in [1.807, 2.05) is 31.2 Å². The van der Waals surface area contributed by atoms with E-state index < -0.39 is 5.60 Å². The summed E-state index contributed by atoms with van der Waals surface area (Å²) < 4.78 is 8.29. The lowest BCUT2D eigenvalue weighted by Crippen LogP contribution is -2.38. The van der Waals surface area contributed by atoms with E-state index in [9.17, 15) is 4.79 Å². The number of hydrogen-bond acceptors (Lipinski definition) is 2. The molecule has 1 aromatic heterocycles. The maximum absolute atomic E-state index is 11.7. The van der Waals surface area contributed by atoms with E-state index in [4.69, 9.17) is 10.5 Å². The monoisotopic (exact) mass is 320 g/mol. The van der Waals surface area contributed by atoms with Crippen LogP contribution in [-0.4, -0.2) is 17.1 Å². The molecule has 0 saturated heterocycles. The van der Waals surface area contributed by atoms with Gasteiger partial charge in [-0.25, -0.2) is 0 Å². The summed E-state index contributed by atoms with van der Waals surface area (Å²) in [7, 11) is 0. The summed E-state index contributed by atoms with van der Waals surface area (Å²) >= 11 is 0. The summed E-state index contributed by atoms with van der Waals surface area (Å²) in [5.41, 5.74) is 9.30. The lowest BCUT2D eigenvalue weighted by molar-refractivity contribution is -0.127. The number of fused-ring (bicyclic) bond motifs is 3. The van der Waals surface area contributed by atoms with Gasteiger partial charge in [0.15, 0.2) is 0 Å². The Kier molecular flexibility index (Phi) is 3.43. The Hall–Kier alpha value is -2.59. The minimum absolute atomic E-state index is 0.170. The Morgan fingerprint density at radius 2 is 1.88 bits per heavy atom. The van der Waals surface area contributed by atoms with Crippen molar-refractivity contribution in [2.24, 2.45) is 5.73 Å². The molecule has 2 aromatic carbocycles. The molecule has 0 radical (unpaired) electrons. The Labute approximate surface area is 140 Å². The second-order valence-corrected chi connectivity index (χ2v) is 6.49. The zero-order chi connectivity index (χ0) is 16.7. The minimum Gasteiger partial charge on any atom is -0.370 e. The van der Waals surface area contributed by atoms with Crippen molar-refractivity contribution >= 4 is 16.8 Å². The van der Waals surface area contributed by atoms with Crippen LogP contribution in [0.5, 0.6) is 0 Å². The van der Waals surface area contributed by atoms with Crippen molar-refractivity contribution in [3.8, 4) is 5.69 Å². The SMILES string of the molecule is CC1(CC(N)=O)OCCc2c1n(-c1ccccc1)c1ccccc21. The van der Waals surface area contributed by atoms with Crippen molar-refractivity contribution in [1.82, 2.24) is 4.57 Å².